The minimum atomic E-state index is -1.07. The van der Waals surface area contributed by atoms with Gasteiger partial charge < -0.3 is 19.9 Å². The molecule has 0 aliphatic carbocycles. The molecular formula is C16H13F2N3O3. The highest BCUT2D eigenvalue weighted by molar-refractivity contribution is 5.93. The summed E-state index contributed by atoms with van der Waals surface area (Å²) >= 11 is 0. The van der Waals surface area contributed by atoms with Crippen molar-refractivity contribution in [1.29, 1.82) is 0 Å². The summed E-state index contributed by atoms with van der Waals surface area (Å²) in [5.41, 5.74) is 0.655. The third-order valence-electron chi connectivity index (χ3n) is 3.42. The second-order valence-electron chi connectivity index (χ2n) is 4.86. The zero-order chi connectivity index (χ0) is 17.3. The third kappa shape index (κ3) is 2.73. The molecule has 0 atom stereocenters. The summed E-state index contributed by atoms with van der Waals surface area (Å²) < 4.78 is 37.4. The number of methoxy groups -OCH3 is 2. The minimum Gasteiger partial charge on any atom is -0.503 e. The lowest BCUT2D eigenvalue weighted by Crippen LogP contribution is -1.99. The molecular weight excluding hydrogens is 320 g/mol. The summed E-state index contributed by atoms with van der Waals surface area (Å²) in [6, 6.07) is 5.25. The first-order valence-electron chi connectivity index (χ1n) is 6.85. The lowest BCUT2D eigenvalue weighted by molar-refractivity contribution is 0.356. The SMILES string of the molecule is COc1cc2ncnc(Nc3cc(F)c(O)c(F)c3)c2cc1OC. The minimum absolute atomic E-state index is 0.0950. The van der Waals surface area contributed by atoms with Crippen molar-refractivity contribution in [2.24, 2.45) is 0 Å². The Balaban J connectivity index is 2.09. The highest BCUT2D eigenvalue weighted by Gasteiger charge is 2.13. The molecule has 8 heteroatoms. The van der Waals surface area contributed by atoms with Gasteiger partial charge in [0.15, 0.2) is 28.9 Å². The van der Waals surface area contributed by atoms with Gasteiger partial charge in [-0.1, -0.05) is 0 Å². The molecule has 0 saturated heterocycles. The van der Waals surface area contributed by atoms with Crippen molar-refractivity contribution in [3.05, 3.63) is 42.2 Å². The van der Waals surface area contributed by atoms with Crippen LogP contribution in [0, 0.1) is 11.6 Å². The Morgan fingerprint density at radius 2 is 1.58 bits per heavy atom. The Morgan fingerprint density at radius 3 is 2.21 bits per heavy atom. The average molecular weight is 333 g/mol. The van der Waals surface area contributed by atoms with Crippen LogP contribution < -0.4 is 14.8 Å². The molecule has 124 valence electrons. The highest BCUT2D eigenvalue weighted by Crippen LogP contribution is 2.35. The molecule has 6 nitrogen and oxygen atoms in total. The fraction of sp³-hybridized carbons (Fsp3) is 0.125. The number of hydrogen-bond donors (Lipinski definition) is 2. The molecule has 0 aliphatic rings. The number of rotatable bonds is 4. The smallest absolute Gasteiger partial charge is 0.187 e. The molecule has 3 aromatic rings. The highest BCUT2D eigenvalue weighted by atomic mass is 19.1. The van der Waals surface area contributed by atoms with Crippen LogP contribution in [0.4, 0.5) is 20.3 Å². The molecule has 2 N–H and O–H groups in total. The van der Waals surface area contributed by atoms with E-state index in [-0.39, 0.29) is 5.69 Å². The van der Waals surface area contributed by atoms with Crippen molar-refractivity contribution >= 4 is 22.4 Å². The molecule has 0 saturated carbocycles. The van der Waals surface area contributed by atoms with Crippen molar-refractivity contribution in [3.63, 3.8) is 0 Å². The number of phenols is 1. The van der Waals surface area contributed by atoms with Gasteiger partial charge in [0.1, 0.15) is 12.1 Å². The Bertz CT molecular complexity index is 895. The molecule has 24 heavy (non-hydrogen) atoms. The number of phenolic OH excluding ortho intramolecular Hbond substituents is 1. The number of aromatic hydroxyl groups is 1. The van der Waals surface area contributed by atoms with E-state index in [1.165, 1.54) is 20.5 Å². The van der Waals surface area contributed by atoms with Gasteiger partial charge in [0.05, 0.1) is 19.7 Å². The number of fused-ring (bicyclic) bond motifs is 1. The van der Waals surface area contributed by atoms with Gasteiger partial charge >= 0.3 is 0 Å². The van der Waals surface area contributed by atoms with Crippen LogP contribution in [-0.2, 0) is 0 Å². The summed E-state index contributed by atoms with van der Waals surface area (Å²) in [7, 11) is 3.00. The van der Waals surface area contributed by atoms with Crippen LogP contribution in [0.3, 0.4) is 0 Å². The molecule has 2 aromatic carbocycles. The molecule has 1 aromatic heterocycles. The first-order chi connectivity index (χ1) is 11.5. The second kappa shape index (κ2) is 6.15. The molecule has 0 fully saturated rings. The largest absolute Gasteiger partial charge is 0.503 e. The zero-order valence-electron chi connectivity index (χ0n) is 12.8. The van der Waals surface area contributed by atoms with Crippen LogP contribution in [-0.4, -0.2) is 29.3 Å². The first kappa shape index (κ1) is 15.7. The van der Waals surface area contributed by atoms with Crippen molar-refractivity contribution in [2.75, 3.05) is 19.5 Å². The van der Waals surface area contributed by atoms with Crippen molar-refractivity contribution in [1.82, 2.24) is 9.97 Å². The fourth-order valence-electron chi connectivity index (χ4n) is 2.26. The van der Waals surface area contributed by atoms with Crippen LogP contribution in [0.2, 0.25) is 0 Å². The quantitative estimate of drug-likeness (QED) is 0.713. The van der Waals surface area contributed by atoms with E-state index in [2.05, 4.69) is 15.3 Å². The Kier molecular flexibility index (Phi) is 4.03. The monoisotopic (exact) mass is 333 g/mol. The van der Waals surface area contributed by atoms with Crippen LogP contribution in [0.5, 0.6) is 17.2 Å². The van der Waals surface area contributed by atoms with Crippen molar-refractivity contribution in [3.8, 4) is 17.2 Å². The van der Waals surface area contributed by atoms with Gasteiger partial charge in [0.2, 0.25) is 0 Å². The van der Waals surface area contributed by atoms with E-state index in [1.807, 2.05) is 0 Å². The number of anilines is 2. The maximum absolute atomic E-state index is 13.5. The third-order valence-corrected chi connectivity index (χ3v) is 3.42. The Labute approximate surface area is 135 Å². The number of benzene rings is 2. The first-order valence-corrected chi connectivity index (χ1v) is 6.85. The molecule has 1 heterocycles. The molecule has 3 rings (SSSR count). The van der Waals surface area contributed by atoms with Crippen LogP contribution in [0.1, 0.15) is 0 Å². The van der Waals surface area contributed by atoms with E-state index in [1.54, 1.807) is 12.1 Å². The van der Waals surface area contributed by atoms with Gasteiger partial charge in [-0.2, -0.15) is 0 Å². The van der Waals surface area contributed by atoms with E-state index in [0.29, 0.717) is 28.2 Å². The second-order valence-corrected chi connectivity index (χ2v) is 4.86. The molecule has 0 aliphatic heterocycles. The summed E-state index contributed by atoms with van der Waals surface area (Å²) in [5, 5.41) is 12.5. The normalized spacial score (nSPS) is 10.7. The average Bonchev–Trinajstić information content (AvgIpc) is 2.58. The zero-order valence-corrected chi connectivity index (χ0v) is 12.8. The summed E-state index contributed by atoms with van der Waals surface area (Å²) in [6.45, 7) is 0. The van der Waals surface area contributed by atoms with E-state index in [4.69, 9.17) is 14.6 Å². The van der Waals surface area contributed by atoms with Gasteiger partial charge in [0, 0.05) is 29.3 Å². The summed E-state index contributed by atoms with van der Waals surface area (Å²) in [4.78, 5) is 8.23. The fourth-order valence-corrected chi connectivity index (χ4v) is 2.26. The van der Waals surface area contributed by atoms with E-state index in [9.17, 15) is 8.78 Å². The number of halogens is 2. The number of nitrogens with one attached hydrogen (secondary N) is 1. The van der Waals surface area contributed by atoms with E-state index < -0.39 is 17.4 Å². The van der Waals surface area contributed by atoms with Crippen molar-refractivity contribution in [2.45, 2.75) is 0 Å². The number of ether oxygens (including phenoxy) is 2. The lowest BCUT2D eigenvalue weighted by atomic mass is 10.2. The molecule has 0 radical (unpaired) electrons. The van der Waals surface area contributed by atoms with Gasteiger partial charge in [-0.15, -0.1) is 0 Å². The lowest BCUT2D eigenvalue weighted by Gasteiger charge is -2.12. The number of nitrogens with zero attached hydrogens (tertiary/aromatic N) is 2. The summed E-state index contributed by atoms with van der Waals surface area (Å²) in [5.74, 6) is -1.89. The maximum atomic E-state index is 13.5. The van der Waals surface area contributed by atoms with Crippen LogP contribution >= 0.6 is 0 Å². The number of hydrogen-bond acceptors (Lipinski definition) is 6. The van der Waals surface area contributed by atoms with Gasteiger partial charge in [-0.25, -0.2) is 18.7 Å². The standard InChI is InChI=1S/C16H13F2N3O3/c1-23-13-5-9-12(6-14(13)24-2)19-7-20-16(9)21-8-3-10(17)15(22)11(18)4-8/h3-7,22H,1-2H3,(H,19,20,21). The topological polar surface area (TPSA) is 76.5 Å². The van der Waals surface area contributed by atoms with Crippen molar-refractivity contribution < 1.29 is 23.4 Å². The van der Waals surface area contributed by atoms with Gasteiger partial charge in [-0.3, -0.25) is 0 Å². The van der Waals surface area contributed by atoms with E-state index >= 15 is 0 Å². The Morgan fingerprint density at radius 1 is 0.958 bits per heavy atom. The van der Waals surface area contributed by atoms with E-state index in [0.717, 1.165) is 12.1 Å². The summed E-state index contributed by atoms with van der Waals surface area (Å²) in [6.07, 6.45) is 1.31. The molecule has 0 bridgehead atoms. The molecule has 0 unspecified atom stereocenters. The predicted octanol–water partition coefficient (Wildman–Crippen LogP) is 3.37. The molecule has 0 amide bonds. The van der Waals surface area contributed by atoms with Gasteiger partial charge in [0.25, 0.3) is 0 Å². The van der Waals surface area contributed by atoms with Crippen LogP contribution in [0.15, 0.2) is 30.6 Å². The molecule has 0 spiro atoms. The Hall–Kier alpha value is -3.16. The van der Waals surface area contributed by atoms with Gasteiger partial charge in [-0.05, 0) is 6.07 Å². The number of aromatic nitrogens is 2. The predicted molar refractivity (Wildman–Crippen MR) is 83.9 cm³/mol. The maximum Gasteiger partial charge on any atom is 0.187 e. The van der Waals surface area contributed by atoms with Crippen LogP contribution in [0.25, 0.3) is 10.9 Å².